The molecule has 1 amide bonds. The first-order valence-electron chi connectivity index (χ1n) is 7.74. The van der Waals surface area contributed by atoms with Crippen LogP contribution in [-0.2, 0) is 4.79 Å². The molecule has 1 aromatic rings. The highest BCUT2D eigenvalue weighted by atomic mass is 35.5. The highest BCUT2D eigenvalue weighted by Gasteiger charge is 2.28. The molecule has 2 heterocycles. The summed E-state index contributed by atoms with van der Waals surface area (Å²) in [4.78, 5) is 18.7. The Morgan fingerprint density at radius 3 is 2.95 bits per heavy atom. The molecule has 1 aromatic heterocycles. The van der Waals surface area contributed by atoms with Crippen LogP contribution in [0.25, 0.3) is 0 Å². The lowest BCUT2D eigenvalue weighted by Gasteiger charge is -2.37. The zero-order valence-electron chi connectivity index (χ0n) is 12.3. The van der Waals surface area contributed by atoms with Gasteiger partial charge in [0.1, 0.15) is 0 Å². The normalized spacial score (nSPS) is 22.3. The van der Waals surface area contributed by atoms with E-state index in [9.17, 15) is 4.79 Å². The monoisotopic (exact) mass is 309 g/mol. The third-order valence-electron chi connectivity index (χ3n) is 4.62. The minimum atomic E-state index is 0. The van der Waals surface area contributed by atoms with Crippen LogP contribution in [0.15, 0.2) is 24.5 Å². The van der Waals surface area contributed by atoms with Crippen molar-refractivity contribution in [2.75, 3.05) is 19.6 Å². The summed E-state index contributed by atoms with van der Waals surface area (Å²) < 4.78 is 0. The minimum Gasteiger partial charge on any atom is -0.333 e. The first kappa shape index (κ1) is 16.2. The molecular weight excluding hydrogens is 286 g/mol. The first-order chi connectivity index (χ1) is 9.84. The molecule has 5 heteroatoms. The van der Waals surface area contributed by atoms with Gasteiger partial charge in [-0.3, -0.25) is 9.78 Å². The van der Waals surface area contributed by atoms with Crippen LogP contribution in [0.4, 0.5) is 0 Å². The molecule has 1 atom stereocenters. The van der Waals surface area contributed by atoms with Gasteiger partial charge in [-0.05, 0) is 24.0 Å². The molecule has 2 aliphatic rings. The maximum Gasteiger partial charge on any atom is 0.223 e. The molecule has 0 bridgehead atoms. The van der Waals surface area contributed by atoms with Gasteiger partial charge < -0.3 is 10.2 Å². The van der Waals surface area contributed by atoms with Crippen molar-refractivity contribution < 1.29 is 4.79 Å². The van der Waals surface area contributed by atoms with Crippen LogP contribution in [0.1, 0.15) is 43.7 Å². The largest absolute Gasteiger partial charge is 0.333 e. The minimum absolute atomic E-state index is 0. The standard InChI is InChI=1S/C16H23N3O.ClH/c20-16(7-6-13-3-1-4-13)19-10-9-18-12-15(19)14-5-2-8-17-11-14;/h2,5,8,11,13,15,18H,1,3-4,6-7,9-10,12H2;1H. The Balaban J connectivity index is 0.00000161. The predicted molar refractivity (Wildman–Crippen MR) is 85.4 cm³/mol. The van der Waals surface area contributed by atoms with Crippen molar-refractivity contribution in [3.63, 3.8) is 0 Å². The molecular formula is C16H24ClN3O. The van der Waals surface area contributed by atoms with Crippen molar-refractivity contribution in [1.29, 1.82) is 0 Å². The van der Waals surface area contributed by atoms with Crippen LogP contribution in [0, 0.1) is 5.92 Å². The lowest BCUT2D eigenvalue weighted by Crippen LogP contribution is -2.48. The van der Waals surface area contributed by atoms with Crippen LogP contribution in [-0.4, -0.2) is 35.4 Å². The predicted octanol–water partition coefficient (Wildman–Crippen LogP) is 2.56. The van der Waals surface area contributed by atoms with Gasteiger partial charge in [0.25, 0.3) is 0 Å². The number of aromatic nitrogens is 1. The molecule has 4 nitrogen and oxygen atoms in total. The molecule has 1 saturated carbocycles. The fraction of sp³-hybridized carbons (Fsp3) is 0.625. The number of nitrogens with zero attached hydrogens (tertiary/aromatic N) is 2. The fourth-order valence-corrected chi connectivity index (χ4v) is 3.13. The second-order valence-corrected chi connectivity index (χ2v) is 5.93. The molecule has 21 heavy (non-hydrogen) atoms. The smallest absolute Gasteiger partial charge is 0.223 e. The van der Waals surface area contributed by atoms with Gasteiger partial charge in [-0.2, -0.15) is 0 Å². The number of pyridine rings is 1. The summed E-state index contributed by atoms with van der Waals surface area (Å²) in [6, 6.07) is 4.16. The summed E-state index contributed by atoms with van der Waals surface area (Å²) in [5.74, 6) is 1.12. The second-order valence-electron chi connectivity index (χ2n) is 5.93. The zero-order chi connectivity index (χ0) is 13.8. The number of amides is 1. The highest BCUT2D eigenvalue weighted by Crippen LogP contribution is 2.31. The van der Waals surface area contributed by atoms with Crippen molar-refractivity contribution in [2.24, 2.45) is 5.92 Å². The van der Waals surface area contributed by atoms with Crippen LogP contribution in [0.3, 0.4) is 0 Å². The number of carbonyl (C=O) groups excluding carboxylic acids is 1. The van der Waals surface area contributed by atoms with Crippen LogP contribution in [0.5, 0.6) is 0 Å². The van der Waals surface area contributed by atoms with Gasteiger partial charge in [-0.15, -0.1) is 12.4 Å². The van der Waals surface area contributed by atoms with Gasteiger partial charge in [-0.1, -0.05) is 25.3 Å². The number of carbonyl (C=O) groups is 1. The first-order valence-corrected chi connectivity index (χ1v) is 7.74. The molecule has 0 aromatic carbocycles. The Labute approximate surface area is 132 Å². The number of nitrogens with one attached hydrogen (secondary N) is 1. The fourth-order valence-electron chi connectivity index (χ4n) is 3.13. The van der Waals surface area contributed by atoms with E-state index in [-0.39, 0.29) is 18.4 Å². The van der Waals surface area contributed by atoms with Crippen molar-refractivity contribution in [1.82, 2.24) is 15.2 Å². The molecule has 1 aliphatic carbocycles. The Morgan fingerprint density at radius 2 is 2.29 bits per heavy atom. The van der Waals surface area contributed by atoms with E-state index in [0.717, 1.165) is 37.5 Å². The highest BCUT2D eigenvalue weighted by molar-refractivity contribution is 5.85. The van der Waals surface area contributed by atoms with Gasteiger partial charge in [0.2, 0.25) is 5.91 Å². The number of hydrogen-bond donors (Lipinski definition) is 1. The summed E-state index contributed by atoms with van der Waals surface area (Å²) in [5.41, 5.74) is 1.14. The quantitative estimate of drug-likeness (QED) is 0.929. The third-order valence-corrected chi connectivity index (χ3v) is 4.62. The van der Waals surface area contributed by atoms with E-state index < -0.39 is 0 Å². The van der Waals surface area contributed by atoms with E-state index in [0.29, 0.717) is 12.3 Å². The third kappa shape index (κ3) is 3.95. The average molecular weight is 310 g/mol. The number of rotatable bonds is 4. The lowest BCUT2D eigenvalue weighted by atomic mass is 9.82. The number of piperazine rings is 1. The summed E-state index contributed by atoms with van der Waals surface area (Å²) in [7, 11) is 0. The topological polar surface area (TPSA) is 45.2 Å². The molecule has 1 N–H and O–H groups in total. The average Bonchev–Trinajstić information content (AvgIpc) is 2.46. The molecule has 116 valence electrons. The molecule has 0 spiro atoms. The lowest BCUT2D eigenvalue weighted by molar-refractivity contribution is -0.135. The molecule has 1 unspecified atom stereocenters. The van der Waals surface area contributed by atoms with E-state index in [1.165, 1.54) is 19.3 Å². The Morgan fingerprint density at radius 1 is 1.43 bits per heavy atom. The summed E-state index contributed by atoms with van der Waals surface area (Å²) in [6.45, 7) is 2.54. The van der Waals surface area contributed by atoms with Gasteiger partial charge in [0.05, 0.1) is 6.04 Å². The van der Waals surface area contributed by atoms with Gasteiger partial charge in [0.15, 0.2) is 0 Å². The summed E-state index contributed by atoms with van der Waals surface area (Å²) >= 11 is 0. The molecule has 2 fully saturated rings. The van der Waals surface area contributed by atoms with E-state index in [4.69, 9.17) is 0 Å². The van der Waals surface area contributed by atoms with Gasteiger partial charge in [0, 0.05) is 38.4 Å². The molecule has 1 saturated heterocycles. The summed E-state index contributed by atoms with van der Waals surface area (Å²) in [6.07, 6.45) is 9.43. The van der Waals surface area contributed by atoms with Crippen LogP contribution >= 0.6 is 12.4 Å². The maximum atomic E-state index is 12.5. The number of halogens is 1. The number of hydrogen-bond acceptors (Lipinski definition) is 3. The van der Waals surface area contributed by atoms with E-state index in [1.54, 1.807) is 6.20 Å². The van der Waals surface area contributed by atoms with Crippen molar-refractivity contribution in [2.45, 2.75) is 38.1 Å². The zero-order valence-corrected chi connectivity index (χ0v) is 13.1. The maximum absolute atomic E-state index is 12.5. The second kappa shape index (κ2) is 7.76. The van der Waals surface area contributed by atoms with Gasteiger partial charge >= 0.3 is 0 Å². The Bertz CT molecular complexity index is 450. The molecule has 3 rings (SSSR count). The van der Waals surface area contributed by atoms with E-state index >= 15 is 0 Å². The van der Waals surface area contributed by atoms with E-state index in [1.807, 2.05) is 17.2 Å². The molecule has 1 aliphatic heterocycles. The SMILES string of the molecule is Cl.O=C(CCC1CCC1)N1CCNCC1c1cccnc1. The van der Waals surface area contributed by atoms with Crippen molar-refractivity contribution in [3.05, 3.63) is 30.1 Å². The Kier molecular flexibility index (Phi) is 6.00. The summed E-state index contributed by atoms with van der Waals surface area (Å²) in [5, 5.41) is 3.38. The van der Waals surface area contributed by atoms with Crippen LogP contribution < -0.4 is 5.32 Å². The van der Waals surface area contributed by atoms with Crippen molar-refractivity contribution >= 4 is 18.3 Å². The van der Waals surface area contributed by atoms with E-state index in [2.05, 4.69) is 16.4 Å². The van der Waals surface area contributed by atoms with Crippen molar-refractivity contribution in [3.8, 4) is 0 Å². The Hall–Kier alpha value is -1.13. The van der Waals surface area contributed by atoms with Crippen LogP contribution in [0.2, 0.25) is 0 Å². The molecule has 0 radical (unpaired) electrons. The van der Waals surface area contributed by atoms with Gasteiger partial charge in [-0.25, -0.2) is 0 Å².